The van der Waals surface area contributed by atoms with Crippen LogP contribution in [0, 0.1) is 5.92 Å². The molecule has 1 aliphatic rings. The summed E-state index contributed by atoms with van der Waals surface area (Å²) in [5.41, 5.74) is -0.600. The predicted molar refractivity (Wildman–Crippen MR) is 67.4 cm³/mol. The molecular weight excluding hydrogens is 294 g/mol. The van der Waals surface area contributed by atoms with Gasteiger partial charge < -0.3 is 5.32 Å². The van der Waals surface area contributed by atoms with E-state index in [-0.39, 0.29) is 28.2 Å². The van der Waals surface area contributed by atoms with E-state index in [0.717, 1.165) is 0 Å². The molecule has 1 heterocycles. The van der Waals surface area contributed by atoms with E-state index in [4.69, 9.17) is 0 Å². The molecule has 4 nitrogen and oxygen atoms in total. The van der Waals surface area contributed by atoms with E-state index < -0.39 is 15.4 Å². The highest BCUT2D eigenvalue weighted by Gasteiger charge is 2.40. The van der Waals surface area contributed by atoms with Crippen molar-refractivity contribution in [3.05, 3.63) is 0 Å². The minimum atomic E-state index is -2.98. The maximum Gasteiger partial charge on any atom is 0.234 e. The first-order chi connectivity index (χ1) is 7.15. The summed E-state index contributed by atoms with van der Waals surface area (Å²) in [6.07, 6.45) is 0.499. The first-order valence-corrected chi connectivity index (χ1v) is 8.05. The predicted octanol–water partition coefficient (Wildman–Crippen LogP) is 1.10. The van der Waals surface area contributed by atoms with E-state index >= 15 is 0 Å². The van der Waals surface area contributed by atoms with Crippen molar-refractivity contribution in [3.63, 3.8) is 0 Å². The van der Waals surface area contributed by atoms with E-state index in [1.807, 2.05) is 13.8 Å². The van der Waals surface area contributed by atoms with E-state index in [1.54, 1.807) is 6.92 Å². The third-order valence-electron chi connectivity index (χ3n) is 2.76. The lowest BCUT2D eigenvalue weighted by atomic mass is 10.0. The lowest BCUT2D eigenvalue weighted by Crippen LogP contribution is -2.50. The zero-order valence-electron chi connectivity index (χ0n) is 9.79. The number of hydrogen-bond donors (Lipinski definition) is 1. The molecule has 0 unspecified atom stereocenters. The van der Waals surface area contributed by atoms with Crippen LogP contribution in [0.5, 0.6) is 0 Å². The summed E-state index contributed by atoms with van der Waals surface area (Å²) in [7, 11) is -2.98. The van der Waals surface area contributed by atoms with Gasteiger partial charge in [-0.05, 0) is 19.3 Å². The van der Waals surface area contributed by atoms with Crippen LogP contribution in [0.2, 0.25) is 0 Å². The second-order valence-corrected chi connectivity index (χ2v) is 8.21. The summed E-state index contributed by atoms with van der Waals surface area (Å²) in [5.74, 6) is 0.262. The SMILES string of the molecule is CC(C)[C@H](Br)C(=O)N[C@]1(C)CCS(=O)(=O)C1. The van der Waals surface area contributed by atoms with Gasteiger partial charge in [0.25, 0.3) is 0 Å². The molecular formula is C10H18BrNO3S. The van der Waals surface area contributed by atoms with Gasteiger partial charge in [0.2, 0.25) is 5.91 Å². The summed E-state index contributed by atoms with van der Waals surface area (Å²) in [6.45, 7) is 5.66. The van der Waals surface area contributed by atoms with Crippen molar-refractivity contribution in [3.8, 4) is 0 Å². The van der Waals surface area contributed by atoms with Crippen molar-refractivity contribution in [2.45, 2.75) is 37.6 Å². The third kappa shape index (κ3) is 3.45. The number of alkyl halides is 1. The van der Waals surface area contributed by atoms with E-state index in [9.17, 15) is 13.2 Å². The maximum atomic E-state index is 11.8. The molecule has 0 aromatic heterocycles. The Morgan fingerprint density at radius 3 is 2.38 bits per heavy atom. The first-order valence-electron chi connectivity index (χ1n) is 5.32. The Morgan fingerprint density at radius 1 is 1.44 bits per heavy atom. The second kappa shape index (κ2) is 4.64. The van der Waals surface area contributed by atoms with Crippen LogP contribution in [0.1, 0.15) is 27.2 Å². The van der Waals surface area contributed by atoms with Gasteiger partial charge in [-0.1, -0.05) is 29.8 Å². The smallest absolute Gasteiger partial charge is 0.234 e. The average Bonchev–Trinajstić information content (AvgIpc) is 2.38. The van der Waals surface area contributed by atoms with Crippen LogP contribution in [0.4, 0.5) is 0 Å². The molecule has 0 aliphatic carbocycles. The Balaban J connectivity index is 2.65. The van der Waals surface area contributed by atoms with Gasteiger partial charge in [-0.3, -0.25) is 4.79 Å². The van der Waals surface area contributed by atoms with Crippen LogP contribution >= 0.6 is 15.9 Å². The molecule has 0 saturated carbocycles. The molecule has 1 rings (SSSR count). The van der Waals surface area contributed by atoms with Gasteiger partial charge in [-0.15, -0.1) is 0 Å². The molecule has 1 aliphatic heterocycles. The third-order valence-corrected chi connectivity index (χ3v) is 6.14. The van der Waals surface area contributed by atoms with Crippen LogP contribution in [0.3, 0.4) is 0 Å². The molecule has 2 atom stereocenters. The summed E-state index contributed by atoms with van der Waals surface area (Å²) >= 11 is 3.31. The van der Waals surface area contributed by atoms with Crippen LogP contribution < -0.4 is 5.32 Å². The first kappa shape index (κ1) is 14.0. The van der Waals surface area contributed by atoms with E-state index in [1.165, 1.54) is 0 Å². The zero-order chi connectivity index (χ0) is 12.6. The van der Waals surface area contributed by atoms with Crippen molar-refractivity contribution >= 4 is 31.7 Å². The molecule has 1 N–H and O–H groups in total. The number of carbonyl (C=O) groups excluding carboxylic acids is 1. The van der Waals surface area contributed by atoms with Crippen molar-refractivity contribution in [2.75, 3.05) is 11.5 Å². The Labute approximate surface area is 105 Å². The highest BCUT2D eigenvalue weighted by molar-refractivity contribution is 9.10. The largest absolute Gasteiger partial charge is 0.349 e. The number of carbonyl (C=O) groups is 1. The zero-order valence-corrected chi connectivity index (χ0v) is 12.2. The summed E-state index contributed by atoms with van der Waals surface area (Å²) in [6, 6.07) is 0. The molecule has 0 bridgehead atoms. The van der Waals surface area contributed by atoms with E-state index in [2.05, 4.69) is 21.2 Å². The Hall–Kier alpha value is -0.100. The number of halogens is 1. The van der Waals surface area contributed by atoms with Crippen molar-refractivity contribution in [1.82, 2.24) is 5.32 Å². The molecule has 94 valence electrons. The highest BCUT2D eigenvalue weighted by atomic mass is 79.9. The summed E-state index contributed by atoms with van der Waals surface area (Å²) in [5, 5.41) is 2.83. The lowest BCUT2D eigenvalue weighted by molar-refractivity contribution is -0.122. The van der Waals surface area contributed by atoms with Crippen molar-refractivity contribution in [2.24, 2.45) is 5.92 Å². The number of hydrogen-bond acceptors (Lipinski definition) is 3. The van der Waals surface area contributed by atoms with Crippen molar-refractivity contribution in [1.29, 1.82) is 0 Å². The van der Waals surface area contributed by atoms with Gasteiger partial charge in [0.05, 0.1) is 21.9 Å². The Morgan fingerprint density at radius 2 is 2.00 bits per heavy atom. The summed E-state index contributed by atoms with van der Waals surface area (Å²) in [4.78, 5) is 11.5. The number of sulfone groups is 1. The molecule has 0 spiro atoms. The van der Waals surface area contributed by atoms with Crippen LogP contribution in [0.15, 0.2) is 0 Å². The summed E-state index contributed by atoms with van der Waals surface area (Å²) < 4.78 is 22.7. The lowest BCUT2D eigenvalue weighted by Gasteiger charge is -2.26. The fourth-order valence-corrected chi connectivity index (χ4v) is 3.99. The molecule has 16 heavy (non-hydrogen) atoms. The van der Waals surface area contributed by atoms with Crippen LogP contribution in [0.25, 0.3) is 0 Å². The molecule has 0 radical (unpaired) electrons. The average molecular weight is 312 g/mol. The van der Waals surface area contributed by atoms with Gasteiger partial charge in [-0.2, -0.15) is 0 Å². The molecule has 0 aromatic rings. The van der Waals surface area contributed by atoms with Gasteiger partial charge in [0.1, 0.15) is 0 Å². The standard InChI is InChI=1S/C10H18BrNO3S/c1-7(2)8(11)9(13)12-10(3)4-5-16(14,15)6-10/h7-8H,4-6H2,1-3H3,(H,12,13)/t8-,10+/m0/s1. The van der Waals surface area contributed by atoms with Gasteiger partial charge in [-0.25, -0.2) is 8.42 Å². The molecule has 0 aromatic carbocycles. The fraction of sp³-hybridized carbons (Fsp3) is 0.900. The Bertz CT molecular complexity index is 380. The minimum absolute atomic E-state index is 0.0452. The van der Waals surface area contributed by atoms with Gasteiger partial charge >= 0.3 is 0 Å². The van der Waals surface area contributed by atoms with Gasteiger partial charge in [0, 0.05) is 0 Å². The normalized spacial score (nSPS) is 30.3. The Kier molecular flexibility index (Phi) is 4.05. The minimum Gasteiger partial charge on any atom is -0.349 e. The molecule has 1 fully saturated rings. The highest BCUT2D eigenvalue weighted by Crippen LogP contribution is 2.24. The number of rotatable bonds is 3. The number of amides is 1. The number of nitrogens with one attached hydrogen (secondary N) is 1. The second-order valence-electron chi connectivity index (χ2n) is 5.04. The van der Waals surface area contributed by atoms with E-state index in [0.29, 0.717) is 6.42 Å². The van der Waals surface area contributed by atoms with Crippen molar-refractivity contribution < 1.29 is 13.2 Å². The topological polar surface area (TPSA) is 63.2 Å². The molecule has 1 amide bonds. The van der Waals surface area contributed by atoms with Crippen LogP contribution in [-0.2, 0) is 14.6 Å². The van der Waals surface area contributed by atoms with Crippen LogP contribution in [-0.4, -0.2) is 36.2 Å². The fourth-order valence-electron chi connectivity index (χ4n) is 1.78. The molecule has 6 heteroatoms. The molecule has 1 saturated heterocycles. The van der Waals surface area contributed by atoms with Gasteiger partial charge in [0.15, 0.2) is 9.84 Å². The quantitative estimate of drug-likeness (QED) is 0.794. The monoisotopic (exact) mass is 311 g/mol. The maximum absolute atomic E-state index is 11.8.